The summed E-state index contributed by atoms with van der Waals surface area (Å²) in [6, 6.07) is 7.59. The van der Waals surface area contributed by atoms with Crippen molar-refractivity contribution in [3.05, 3.63) is 35.4 Å². The lowest BCUT2D eigenvalue weighted by molar-refractivity contribution is 0.0996. The Balaban J connectivity index is 2.05. The second-order valence-corrected chi connectivity index (χ2v) is 4.60. The van der Waals surface area contributed by atoms with Crippen LogP contribution in [-0.4, -0.2) is 48.9 Å². The highest BCUT2D eigenvalue weighted by molar-refractivity contribution is 5.94. The van der Waals surface area contributed by atoms with E-state index in [0.717, 1.165) is 38.3 Å². The highest BCUT2D eigenvalue weighted by Crippen LogP contribution is 2.12. The lowest BCUT2D eigenvalue weighted by Gasteiger charge is -2.32. The fraction of sp³-hybridized carbons (Fsp3) is 0.462. The van der Waals surface area contributed by atoms with E-state index in [1.165, 1.54) is 0 Å². The number of primary amides is 1. The van der Waals surface area contributed by atoms with Gasteiger partial charge in [-0.1, -0.05) is 18.2 Å². The predicted octanol–water partition coefficient (Wildman–Crippen LogP) is 0.533. The van der Waals surface area contributed by atoms with Crippen molar-refractivity contribution in [3.8, 4) is 0 Å². The van der Waals surface area contributed by atoms with Crippen LogP contribution in [0.2, 0.25) is 0 Å². The Morgan fingerprint density at radius 3 is 2.53 bits per heavy atom. The van der Waals surface area contributed by atoms with Crippen LogP contribution in [0.1, 0.15) is 15.9 Å². The first-order valence-electron chi connectivity index (χ1n) is 5.95. The highest BCUT2D eigenvalue weighted by Gasteiger charge is 2.16. The Labute approximate surface area is 102 Å². The minimum atomic E-state index is -0.338. The number of nitrogens with two attached hydrogens (primary N) is 1. The van der Waals surface area contributed by atoms with Gasteiger partial charge >= 0.3 is 0 Å². The molecule has 1 fully saturated rings. The molecule has 1 heterocycles. The van der Waals surface area contributed by atoms with Crippen LogP contribution in [0.3, 0.4) is 0 Å². The summed E-state index contributed by atoms with van der Waals surface area (Å²) in [4.78, 5) is 16.0. The Morgan fingerprint density at radius 2 is 1.88 bits per heavy atom. The summed E-state index contributed by atoms with van der Waals surface area (Å²) >= 11 is 0. The summed E-state index contributed by atoms with van der Waals surface area (Å²) in [6.45, 7) is 5.07. The average Bonchev–Trinajstić information content (AvgIpc) is 2.32. The van der Waals surface area contributed by atoms with Crippen LogP contribution in [0.25, 0.3) is 0 Å². The highest BCUT2D eigenvalue weighted by atomic mass is 16.1. The molecule has 17 heavy (non-hydrogen) atoms. The number of carbonyl (C=O) groups is 1. The molecule has 0 spiro atoms. The third-order valence-corrected chi connectivity index (χ3v) is 3.27. The van der Waals surface area contributed by atoms with E-state index in [1.54, 1.807) is 6.07 Å². The number of rotatable bonds is 3. The van der Waals surface area contributed by atoms with Crippen LogP contribution >= 0.6 is 0 Å². The van der Waals surface area contributed by atoms with Gasteiger partial charge < -0.3 is 10.6 Å². The molecule has 0 aliphatic carbocycles. The summed E-state index contributed by atoms with van der Waals surface area (Å²) in [5, 5.41) is 0. The standard InChI is InChI=1S/C13H19N3O/c1-15-6-8-16(9-7-15)10-11-4-2-3-5-12(11)13(14)17/h2-5H,6-10H2,1H3,(H2,14,17). The number of nitrogens with zero attached hydrogens (tertiary/aromatic N) is 2. The first-order chi connectivity index (χ1) is 8.16. The first-order valence-corrected chi connectivity index (χ1v) is 5.95. The average molecular weight is 233 g/mol. The number of benzene rings is 1. The van der Waals surface area contributed by atoms with Crippen LogP contribution in [0.5, 0.6) is 0 Å². The predicted molar refractivity (Wildman–Crippen MR) is 67.7 cm³/mol. The van der Waals surface area contributed by atoms with Gasteiger partial charge in [-0.25, -0.2) is 0 Å². The summed E-state index contributed by atoms with van der Waals surface area (Å²) in [6.07, 6.45) is 0. The van der Waals surface area contributed by atoms with E-state index < -0.39 is 0 Å². The molecule has 0 aromatic heterocycles. The Kier molecular flexibility index (Phi) is 3.76. The van der Waals surface area contributed by atoms with E-state index >= 15 is 0 Å². The van der Waals surface area contributed by atoms with Crippen LogP contribution < -0.4 is 5.73 Å². The van der Waals surface area contributed by atoms with Crippen LogP contribution in [0.4, 0.5) is 0 Å². The molecular formula is C13H19N3O. The molecule has 1 aliphatic heterocycles. The summed E-state index contributed by atoms with van der Waals surface area (Å²) in [5.74, 6) is -0.338. The fourth-order valence-corrected chi connectivity index (χ4v) is 2.15. The van der Waals surface area contributed by atoms with Crippen molar-refractivity contribution in [1.82, 2.24) is 9.80 Å². The van der Waals surface area contributed by atoms with Gasteiger partial charge in [0.1, 0.15) is 0 Å². The van der Waals surface area contributed by atoms with Gasteiger partial charge in [-0.2, -0.15) is 0 Å². The zero-order chi connectivity index (χ0) is 12.3. The van der Waals surface area contributed by atoms with Crippen molar-refractivity contribution >= 4 is 5.91 Å². The Hall–Kier alpha value is -1.39. The number of likely N-dealkylation sites (N-methyl/N-ethyl adjacent to an activating group) is 1. The van der Waals surface area contributed by atoms with E-state index in [9.17, 15) is 4.79 Å². The maximum absolute atomic E-state index is 11.3. The minimum absolute atomic E-state index is 0.338. The normalized spacial score (nSPS) is 18.2. The quantitative estimate of drug-likeness (QED) is 0.828. The molecule has 0 unspecified atom stereocenters. The maximum atomic E-state index is 11.3. The molecular weight excluding hydrogens is 214 g/mol. The molecule has 4 heteroatoms. The molecule has 2 N–H and O–H groups in total. The number of hydrogen-bond donors (Lipinski definition) is 1. The molecule has 0 bridgehead atoms. The molecule has 4 nitrogen and oxygen atoms in total. The van der Waals surface area contributed by atoms with E-state index in [1.807, 2.05) is 18.2 Å². The second kappa shape index (κ2) is 5.29. The zero-order valence-electron chi connectivity index (χ0n) is 10.2. The molecule has 1 aromatic rings. The molecule has 2 rings (SSSR count). The molecule has 1 aromatic carbocycles. The van der Waals surface area contributed by atoms with Crippen molar-refractivity contribution in [2.45, 2.75) is 6.54 Å². The van der Waals surface area contributed by atoms with E-state index in [2.05, 4.69) is 16.8 Å². The van der Waals surface area contributed by atoms with E-state index in [-0.39, 0.29) is 5.91 Å². The van der Waals surface area contributed by atoms with Gasteiger partial charge in [-0.3, -0.25) is 9.69 Å². The van der Waals surface area contributed by atoms with Crippen molar-refractivity contribution in [3.63, 3.8) is 0 Å². The topological polar surface area (TPSA) is 49.6 Å². The summed E-state index contributed by atoms with van der Waals surface area (Å²) < 4.78 is 0. The molecule has 1 saturated heterocycles. The van der Waals surface area contributed by atoms with Gasteiger partial charge in [0.15, 0.2) is 0 Å². The SMILES string of the molecule is CN1CCN(Cc2ccccc2C(N)=O)CC1. The molecule has 92 valence electrons. The number of piperazine rings is 1. The van der Waals surface area contributed by atoms with Gasteiger partial charge in [0.05, 0.1) is 0 Å². The molecule has 0 atom stereocenters. The van der Waals surface area contributed by atoms with Gasteiger partial charge in [-0.05, 0) is 18.7 Å². The largest absolute Gasteiger partial charge is 0.366 e. The van der Waals surface area contributed by atoms with Crippen LogP contribution in [0.15, 0.2) is 24.3 Å². The molecule has 1 aliphatic rings. The Bertz CT molecular complexity index is 397. The number of carbonyl (C=O) groups excluding carboxylic acids is 1. The molecule has 0 radical (unpaired) electrons. The molecule has 1 amide bonds. The van der Waals surface area contributed by atoms with Crippen LogP contribution in [-0.2, 0) is 6.54 Å². The Morgan fingerprint density at radius 1 is 1.24 bits per heavy atom. The van der Waals surface area contributed by atoms with E-state index in [0.29, 0.717) is 5.56 Å². The van der Waals surface area contributed by atoms with Gasteiger partial charge in [0.25, 0.3) is 0 Å². The third kappa shape index (κ3) is 3.05. The monoisotopic (exact) mass is 233 g/mol. The fourth-order valence-electron chi connectivity index (χ4n) is 2.15. The third-order valence-electron chi connectivity index (χ3n) is 3.27. The van der Waals surface area contributed by atoms with Crippen molar-refractivity contribution < 1.29 is 4.79 Å². The van der Waals surface area contributed by atoms with Crippen molar-refractivity contribution in [2.24, 2.45) is 5.73 Å². The zero-order valence-corrected chi connectivity index (χ0v) is 10.2. The first kappa shape index (κ1) is 12.1. The van der Waals surface area contributed by atoms with Crippen molar-refractivity contribution in [2.75, 3.05) is 33.2 Å². The number of hydrogen-bond acceptors (Lipinski definition) is 3. The molecule has 0 saturated carbocycles. The summed E-state index contributed by atoms with van der Waals surface area (Å²) in [7, 11) is 2.13. The van der Waals surface area contributed by atoms with Gasteiger partial charge in [0, 0.05) is 38.3 Å². The van der Waals surface area contributed by atoms with E-state index in [4.69, 9.17) is 5.73 Å². The lowest BCUT2D eigenvalue weighted by atomic mass is 10.1. The van der Waals surface area contributed by atoms with Gasteiger partial charge in [0.2, 0.25) is 5.91 Å². The second-order valence-electron chi connectivity index (χ2n) is 4.60. The van der Waals surface area contributed by atoms with Crippen LogP contribution in [0, 0.1) is 0 Å². The lowest BCUT2D eigenvalue weighted by Crippen LogP contribution is -2.44. The van der Waals surface area contributed by atoms with Crippen molar-refractivity contribution in [1.29, 1.82) is 0 Å². The minimum Gasteiger partial charge on any atom is -0.366 e. The number of amides is 1. The summed E-state index contributed by atoms with van der Waals surface area (Å²) in [5.41, 5.74) is 7.05. The maximum Gasteiger partial charge on any atom is 0.249 e. The smallest absolute Gasteiger partial charge is 0.249 e. The van der Waals surface area contributed by atoms with Gasteiger partial charge in [-0.15, -0.1) is 0 Å².